The predicted octanol–water partition coefficient (Wildman–Crippen LogP) is 0.977. The van der Waals surface area contributed by atoms with Crippen molar-refractivity contribution in [1.29, 1.82) is 0 Å². The first-order valence-electron chi connectivity index (χ1n) is 8.08. The number of hydrogen-bond acceptors (Lipinski definition) is 4. The number of imidazole rings is 1. The van der Waals surface area contributed by atoms with Crippen LogP contribution >= 0.6 is 0 Å². The van der Waals surface area contributed by atoms with Gasteiger partial charge in [0.1, 0.15) is 5.82 Å². The normalized spacial score (nSPS) is 26.3. The van der Waals surface area contributed by atoms with E-state index in [2.05, 4.69) is 27.2 Å². The number of carbonyl (C=O) groups excluding carboxylic acids is 1. The van der Waals surface area contributed by atoms with Gasteiger partial charge in [-0.05, 0) is 26.3 Å². The third-order valence-corrected chi connectivity index (χ3v) is 4.54. The number of ether oxygens (including phenoxy) is 1. The number of H-pyrrole nitrogens is 1. The van der Waals surface area contributed by atoms with Gasteiger partial charge in [0.2, 0.25) is 0 Å². The number of amides is 2. The molecular weight excluding hydrogens is 282 g/mol. The zero-order valence-corrected chi connectivity index (χ0v) is 13.1. The van der Waals surface area contributed by atoms with Crippen LogP contribution in [0.3, 0.4) is 0 Å². The molecule has 22 heavy (non-hydrogen) atoms. The number of aromatic amines is 1. The first kappa shape index (κ1) is 15.3. The molecule has 2 N–H and O–H groups in total. The average molecular weight is 307 g/mol. The van der Waals surface area contributed by atoms with Crippen LogP contribution in [0.25, 0.3) is 0 Å². The summed E-state index contributed by atoms with van der Waals surface area (Å²) < 4.78 is 5.58. The molecule has 2 fully saturated rings. The summed E-state index contributed by atoms with van der Waals surface area (Å²) in [6, 6.07) is 0.148. The summed E-state index contributed by atoms with van der Waals surface area (Å²) in [6.45, 7) is 3.81. The average Bonchev–Trinajstić information content (AvgIpc) is 3.21. The standard InChI is InChI=1S/C15H25N5O2/c1-19-8-9-20(11-13(19)14-16-6-7-17-14)15(21)18-5-4-12-3-2-10-22-12/h6-7,12-13H,2-5,8-11H2,1H3,(H,16,17)(H,18,21)/t12-,13-/m1/s1. The summed E-state index contributed by atoms with van der Waals surface area (Å²) in [5, 5.41) is 3.02. The molecule has 3 rings (SSSR count). The van der Waals surface area contributed by atoms with Gasteiger partial charge in [-0.1, -0.05) is 0 Å². The van der Waals surface area contributed by atoms with Crippen molar-refractivity contribution in [2.45, 2.75) is 31.4 Å². The van der Waals surface area contributed by atoms with E-state index in [4.69, 9.17) is 4.74 Å². The number of rotatable bonds is 4. The highest BCUT2D eigenvalue weighted by Gasteiger charge is 2.29. The topological polar surface area (TPSA) is 73.5 Å². The molecule has 2 saturated heterocycles. The molecule has 0 radical (unpaired) electrons. The van der Waals surface area contributed by atoms with Crippen LogP contribution in [0.1, 0.15) is 31.1 Å². The fourth-order valence-electron chi connectivity index (χ4n) is 3.14. The summed E-state index contributed by atoms with van der Waals surface area (Å²) in [6.07, 6.45) is 7.06. The third-order valence-electron chi connectivity index (χ3n) is 4.54. The summed E-state index contributed by atoms with van der Waals surface area (Å²) in [5.41, 5.74) is 0. The zero-order chi connectivity index (χ0) is 15.4. The fourth-order valence-corrected chi connectivity index (χ4v) is 3.14. The molecule has 122 valence electrons. The minimum absolute atomic E-state index is 0.0163. The van der Waals surface area contributed by atoms with Crippen molar-refractivity contribution < 1.29 is 9.53 Å². The third kappa shape index (κ3) is 3.59. The van der Waals surface area contributed by atoms with Crippen LogP contribution in [-0.2, 0) is 4.74 Å². The molecule has 0 aliphatic carbocycles. The largest absolute Gasteiger partial charge is 0.378 e. The van der Waals surface area contributed by atoms with E-state index in [0.29, 0.717) is 19.2 Å². The summed E-state index contributed by atoms with van der Waals surface area (Å²) in [4.78, 5) is 23.9. The number of hydrogen-bond donors (Lipinski definition) is 2. The van der Waals surface area contributed by atoms with Crippen LogP contribution in [0.4, 0.5) is 4.79 Å². The van der Waals surface area contributed by atoms with E-state index in [0.717, 1.165) is 44.8 Å². The van der Waals surface area contributed by atoms with Gasteiger partial charge in [-0.25, -0.2) is 9.78 Å². The maximum absolute atomic E-state index is 12.3. The van der Waals surface area contributed by atoms with Crippen molar-refractivity contribution in [3.63, 3.8) is 0 Å². The first-order valence-corrected chi connectivity index (χ1v) is 8.08. The second-order valence-corrected chi connectivity index (χ2v) is 6.07. The lowest BCUT2D eigenvalue weighted by atomic mass is 10.1. The number of urea groups is 1. The van der Waals surface area contributed by atoms with Gasteiger partial charge in [-0.3, -0.25) is 4.90 Å². The van der Waals surface area contributed by atoms with E-state index in [1.54, 1.807) is 6.20 Å². The number of nitrogens with zero attached hydrogens (tertiary/aromatic N) is 3. The van der Waals surface area contributed by atoms with E-state index in [-0.39, 0.29) is 12.1 Å². The Kier molecular flexibility index (Phi) is 4.94. The van der Waals surface area contributed by atoms with Gasteiger partial charge in [-0.2, -0.15) is 0 Å². The van der Waals surface area contributed by atoms with Gasteiger partial charge in [0.15, 0.2) is 0 Å². The molecule has 0 bridgehead atoms. The Labute approximate surface area is 131 Å². The Bertz CT molecular complexity index is 472. The highest BCUT2D eigenvalue weighted by molar-refractivity contribution is 5.74. The Morgan fingerprint density at radius 2 is 2.45 bits per heavy atom. The second kappa shape index (κ2) is 7.11. The summed E-state index contributed by atoms with van der Waals surface area (Å²) in [7, 11) is 2.07. The SMILES string of the molecule is CN1CCN(C(=O)NCC[C@H]2CCCO2)C[C@@H]1c1ncc[nH]1. The van der Waals surface area contributed by atoms with Crippen molar-refractivity contribution in [3.05, 3.63) is 18.2 Å². The van der Waals surface area contributed by atoms with Crippen LogP contribution in [0, 0.1) is 0 Å². The maximum Gasteiger partial charge on any atom is 0.317 e. The van der Waals surface area contributed by atoms with Gasteiger partial charge in [0.25, 0.3) is 0 Å². The van der Waals surface area contributed by atoms with E-state index < -0.39 is 0 Å². The molecule has 2 aliphatic rings. The van der Waals surface area contributed by atoms with E-state index in [1.807, 2.05) is 11.1 Å². The maximum atomic E-state index is 12.3. The minimum Gasteiger partial charge on any atom is -0.378 e. The second-order valence-electron chi connectivity index (χ2n) is 6.07. The van der Waals surface area contributed by atoms with E-state index in [1.165, 1.54) is 0 Å². The summed E-state index contributed by atoms with van der Waals surface area (Å²) in [5.74, 6) is 0.916. The quantitative estimate of drug-likeness (QED) is 0.869. The number of nitrogens with one attached hydrogen (secondary N) is 2. The molecule has 1 aromatic heterocycles. The van der Waals surface area contributed by atoms with Crippen molar-refractivity contribution >= 4 is 6.03 Å². The molecule has 3 heterocycles. The van der Waals surface area contributed by atoms with Gasteiger partial charge in [0.05, 0.1) is 12.1 Å². The highest BCUT2D eigenvalue weighted by atomic mass is 16.5. The molecule has 2 atom stereocenters. The molecular formula is C15H25N5O2. The van der Waals surface area contributed by atoms with E-state index >= 15 is 0 Å². The molecule has 0 aromatic carbocycles. The smallest absolute Gasteiger partial charge is 0.317 e. The molecule has 1 aromatic rings. The van der Waals surface area contributed by atoms with Gasteiger partial charge in [0, 0.05) is 45.2 Å². The Balaban J connectivity index is 1.47. The minimum atomic E-state index is 0.0163. The van der Waals surface area contributed by atoms with Gasteiger partial charge < -0.3 is 19.9 Å². The Hall–Kier alpha value is -1.60. The van der Waals surface area contributed by atoms with Crippen molar-refractivity contribution in [2.24, 2.45) is 0 Å². The molecule has 0 unspecified atom stereocenters. The lowest BCUT2D eigenvalue weighted by Crippen LogP contribution is -2.52. The first-order chi connectivity index (χ1) is 10.7. The van der Waals surface area contributed by atoms with Crippen LogP contribution in [0.15, 0.2) is 12.4 Å². The number of carbonyl (C=O) groups is 1. The van der Waals surface area contributed by atoms with Crippen LogP contribution < -0.4 is 5.32 Å². The molecule has 0 spiro atoms. The van der Waals surface area contributed by atoms with Crippen molar-refractivity contribution in [2.75, 3.05) is 39.8 Å². The molecule has 0 saturated carbocycles. The lowest BCUT2D eigenvalue weighted by molar-refractivity contribution is 0.0975. The lowest BCUT2D eigenvalue weighted by Gasteiger charge is -2.38. The van der Waals surface area contributed by atoms with Crippen LogP contribution in [-0.4, -0.2) is 71.7 Å². The van der Waals surface area contributed by atoms with Crippen LogP contribution in [0.5, 0.6) is 0 Å². The van der Waals surface area contributed by atoms with Gasteiger partial charge >= 0.3 is 6.03 Å². The fraction of sp³-hybridized carbons (Fsp3) is 0.733. The Morgan fingerprint density at radius 3 is 3.18 bits per heavy atom. The number of aromatic nitrogens is 2. The molecule has 2 amide bonds. The van der Waals surface area contributed by atoms with Crippen molar-refractivity contribution in [1.82, 2.24) is 25.1 Å². The predicted molar refractivity (Wildman–Crippen MR) is 82.5 cm³/mol. The van der Waals surface area contributed by atoms with E-state index in [9.17, 15) is 4.79 Å². The molecule has 7 heteroatoms. The number of piperazine rings is 1. The molecule has 2 aliphatic heterocycles. The summed E-state index contributed by atoms with van der Waals surface area (Å²) >= 11 is 0. The number of likely N-dealkylation sites (N-methyl/N-ethyl adjacent to an activating group) is 1. The van der Waals surface area contributed by atoms with Crippen LogP contribution in [0.2, 0.25) is 0 Å². The van der Waals surface area contributed by atoms with Crippen molar-refractivity contribution in [3.8, 4) is 0 Å². The monoisotopic (exact) mass is 307 g/mol. The Morgan fingerprint density at radius 1 is 1.55 bits per heavy atom. The van der Waals surface area contributed by atoms with Gasteiger partial charge in [-0.15, -0.1) is 0 Å². The zero-order valence-electron chi connectivity index (χ0n) is 13.1. The highest BCUT2D eigenvalue weighted by Crippen LogP contribution is 2.21. The molecule has 7 nitrogen and oxygen atoms in total.